The lowest BCUT2D eigenvalue weighted by atomic mass is 9.87. The van der Waals surface area contributed by atoms with Crippen molar-refractivity contribution in [3.05, 3.63) is 30.3 Å². The Balaban J connectivity index is 1.72. The number of para-hydroxylation sites is 1. The monoisotopic (exact) mass is 229 g/mol. The average molecular weight is 229 g/mol. The van der Waals surface area contributed by atoms with Gasteiger partial charge < -0.3 is 0 Å². The topological polar surface area (TPSA) is 7.68 Å². The van der Waals surface area contributed by atoms with Gasteiger partial charge in [0.2, 0.25) is 0 Å². The van der Waals surface area contributed by atoms with Crippen molar-refractivity contribution in [2.75, 3.05) is 18.1 Å². The Morgan fingerprint density at radius 3 is 2.65 bits per heavy atom. The molecule has 5 rings (SSSR count). The molecule has 1 aromatic carbocycles. The first-order chi connectivity index (χ1) is 8.40. The van der Waals surface area contributed by atoms with Gasteiger partial charge in [-0.1, -0.05) is 18.2 Å². The standard InChI is InChI=1S/C15H20N2/c1-2-4-14(5-3-1)17-15-7-6-12-8-13(9-15)11-16(17)10-12/h1-5,12-13,15H,6-11H2/p+1. The summed E-state index contributed by atoms with van der Waals surface area (Å²) in [6.45, 7) is 2.75. The molecule has 4 bridgehead atoms. The van der Waals surface area contributed by atoms with Gasteiger partial charge >= 0.3 is 0 Å². The molecular weight excluding hydrogens is 208 g/mol. The number of nitrogens with zero attached hydrogens (tertiary/aromatic N) is 1. The molecule has 0 spiro atoms. The lowest BCUT2D eigenvalue weighted by Gasteiger charge is -2.46. The number of hydrogen-bond acceptors (Lipinski definition) is 1. The Morgan fingerprint density at radius 2 is 1.76 bits per heavy atom. The molecule has 4 unspecified atom stereocenters. The Kier molecular flexibility index (Phi) is 2.19. The Hall–Kier alpha value is -1.02. The van der Waals surface area contributed by atoms with E-state index in [1.54, 1.807) is 5.01 Å². The third kappa shape index (κ3) is 1.58. The van der Waals surface area contributed by atoms with Gasteiger partial charge in [-0.15, -0.1) is 0 Å². The van der Waals surface area contributed by atoms with Gasteiger partial charge in [0, 0.05) is 11.8 Å². The second kappa shape index (κ2) is 3.74. The number of piperidine rings is 1. The molecule has 0 radical (unpaired) electrons. The van der Waals surface area contributed by atoms with Crippen LogP contribution in [0.5, 0.6) is 0 Å². The molecule has 0 aromatic heterocycles. The summed E-state index contributed by atoms with van der Waals surface area (Å²) in [4.78, 5) is 0. The third-order valence-electron chi connectivity index (χ3n) is 4.97. The van der Waals surface area contributed by atoms with Crippen LogP contribution in [-0.4, -0.2) is 19.1 Å². The van der Waals surface area contributed by atoms with Gasteiger partial charge in [0.25, 0.3) is 0 Å². The third-order valence-corrected chi connectivity index (χ3v) is 4.97. The normalized spacial score (nSPS) is 39.4. The number of hydrogen-bond donors (Lipinski definition) is 1. The van der Waals surface area contributed by atoms with Crippen molar-refractivity contribution in [3.8, 4) is 0 Å². The fourth-order valence-electron chi connectivity index (χ4n) is 4.39. The van der Waals surface area contributed by atoms with Gasteiger partial charge in [-0.3, -0.25) is 0 Å². The second-order valence-electron chi connectivity index (χ2n) is 6.11. The van der Waals surface area contributed by atoms with E-state index >= 15 is 0 Å². The van der Waals surface area contributed by atoms with Crippen molar-refractivity contribution < 1.29 is 5.01 Å². The Morgan fingerprint density at radius 1 is 0.941 bits per heavy atom. The molecule has 4 atom stereocenters. The summed E-state index contributed by atoms with van der Waals surface area (Å²) in [6.07, 6.45) is 5.84. The summed E-state index contributed by atoms with van der Waals surface area (Å²) in [5.41, 5.74) is 1.44. The highest BCUT2D eigenvalue weighted by Gasteiger charge is 2.46. The fourth-order valence-corrected chi connectivity index (χ4v) is 4.39. The summed E-state index contributed by atoms with van der Waals surface area (Å²) in [5, 5.41) is 4.43. The van der Waals surface area contributed by atoms with Crippen LogP contribution in [0.4, 0.5) is 5.69 Å². The van der Waals surface area contributed by atoms with E-state index in [9.17, 15) is 0 Å². The first-order valence-electron chi connectivity index (χ1n) is 7.09. The minimum absolute atomic E-state index is 0.804. The van der Waals surface area contributed by atoms with Crippen LogP contribution in [0.1, 0.15) is 25.7 Å². The molecule has 3 aliphatic heterocycles. The number of rotatable bonds is 1. The molecule has 90 valence electrons. The minimum atomic E-state index is 0.804. The number of benzene rings is 1. The van der Waals surface area contributed by atoms with Crippen molar-refractivity contribution in [3.63, 3.8) is 0 Å². The molecular formula is C15H21N2+. The summed E-state index contributed by atoms with van der Waals surface area (Å²) >= 11 is 0. The molecule has 1 aliphatic carbocycles. The lowest BCUT2D eigenvalue weighted by molar-refractivity contribution is -0.927. The highest BCUT2D eigenvalue weighted by molar-refractivity contribution is 5.44. The zero-order chi connectivity index (χ0) is 11.2. The van der Waals surface area contributed by atoms with Crippen LogP contribution in [0.3, 0.4) is 0 Å². The molecule has 1 saturated carbocycles. The molecule has 4 fully saturated rings. The molecule has 3 saturated heterocycles. The van der Waals surface area contributed by atoms with E-state index < -0.39 is 0 Å². The second-order valence-corrected chi connectivity index (χ2v) is 6.11. The maximum atomic E-state index is 2.69. The van der Waals surface area contributed by atoms with Gasteiger partial charge in [0.1, 0.15) is 13.1 Å². The van der Waals surface area contributed by atoms with Crippen LogP contribution in [0.15, 0.2) is 30.3 Å². The zero-order valence-electron chi connectivity index (χ0n) is 10.3. The van der Waals surface area contributed by atoms with Gasteiger partial charge in [-0.05, 0) is 37.8 Å². The smallest absolute Gasteiger partial charge is 0.102 e. The van der Waals surface area contributed by atoms with Crippen molar-refractivity contribution >= 4 is 5.69 Å². The minimum Gasteiger partial charge on any atom is -0.231 e. The number of nitrogens with one attached hydrogen (secondary N) is 1. The predicted octanol–water partition coefficient (Wildman–Crippen LogP) is 1.50. The lowest BCUT2D eigenvalue weighted by Crippen LogP contribution is -3.22. The first kappa shape index (κ1) is 9.95. The molecule has 2 heteroatoms. The fraction of sp³-hybridized carbons (Fsp3) is 0.600. The van der Waals surface area contributed by atoms with Crippen LogP contribution >= 0.6 is 0 Å². The van der Waals surface area contributed by atoms with Gasteiger partial charge in [-0.25, -0.2) is 10.0 Å². The molecule has 17 heavy (non-hydrogen) atoms. The molecule has 1 aromatic rings. The largest absolute Gasteiger partial charge is 0.231 e. The Bertz CT molecular complexity index is 395. The van der Waals surface area contributed by atoms with E-state index in [1.807, 2.05) is 0 Å². The summed E-state index contributed by atoms with van der Waals surface area (Å²) in [7, 11) is 0. The van der Waals surface area contributed by atoms with Gasteiger partial charge in [0.05, 0.1) is 11.7 Å². The van der Waals surface area contributed by atoms with E-state index in [4.69, 9.17) is 0 Å². The van der Waals surface area contributed by atoms with Gasteiger partial charge in [-0.2, -0.15) is 0 Å². The average Bonchev–Trinajstić information content (AvgIpc) is 2.57. The highest BCUT2D eigenvalue weighted by Crippen LogP contribution is 2.35. The van der Waals surface area contributed by atoms with E-state index in [-0.39, 0.29) is 0 Å². The van der Waals surface area contributed by atoms with E-state index in [0.29, 0.717) is 0 Å². The zero-order valence-corrected chi connectivity index (χ0v) is 10.3. The SMILES string of the molecule is c1ccc(N2C3CCC4CC(C3)C[NH+]2C4)cc1. The van der Waals surface area contributed by atoms with Crippen molar-refractivity contribution in [2.24, 2.45) is 11.8 Å². The van der Waals surface area contributed by atoms with E-state index in [0.717, 1.165) is 17.9 Å². The maximum absolute atomic E-state index is 2.69. The van der Waals surface area contributed by atoms with Gasteiger partial charge in [0.15, 0.2) is 0 Å². The summed E-state index contributed by atoms with van der Waals surface area (Å²) in [6, 6.07) is 11.9. The van der Waals surface area contributed by atoms with E-state index in [1.165, 1.54) is 44.5 Å². The Labute approximate surface area is 103 Å². The molecule has 3 heterocycles. The van der Waals surface area contributed by atoms with Crippen LogP contribution in [0.2, 0.25) is 0 Å². The molecule has 2 nitrogen and oxygen atoms in total. The number of quaternary nitrogens is 1. The van der Waals surface area contributed by atoms with Crippen molar-refractivity contribution in [1.82, 2.24) is 0 Å². The predicted molar refractivity (Wildman–Crippen MR) is 68.9 cm³/mol. The molecule has 0 amide bonds. The van der Waals surface area contributed by atoms with Crippen molar-refractivity contribution in [1.29, 1.82) is 0 Å². The number of fused-ring (bicyclic) bond motifs is 1. The maximum Gasteiger partial charge on any atom is 0.102 e. The van der Waals surface area contributed by atoms with Crippen LogP contribution in [0, 0.1) is 11.8 Å². The van der Waals surface area contributed by atoms with Crippen molar-refractivity contribution in [2.45, 2.75) is 31.7 Å². The number of anilines is 1. The van der Waals surface area contributed by atoms with Crippen LogP contribution in [-0.2, 0) is 0 Å². The summed E-state index contributed by atoms with van der Waals surface area (Å²) in [5.74, 6) is 2.01. The molecule has 4 aliphatic rings. The van der Waals surface area contributed by atoms with Crippen LogP contribution in [0.25, 0.3) is 0 Å². The first-order valence-corrected chi connectivity index (χ1v) is 7.09. The molecule has 1 N–H and O–H groups in total. The van der Waals surface area contributed by atoms with Crippen LogP contribution < -0.4 is 10.0 Å². The highest BCUT2D eigenvalue weighted by atomic mass is 15.6. The quantitative estimate of drug-likeness (QED) is 0.767. The summed E-state index contributed by atoms with van der Waals surface area (Å²) < 4.78 is 0. The van der Waals surface area contributed by atoms with E-state index in [2.05, 4.69) is 35.3 Å².